The van der Waals surface area contributed by atoms with Crippen molar-refractivity contribution in [2.75, 3.05) is 13.2 Å². The lowest BCUT2D eigenvalue weighted by atomic mass is 9.91. The molecule has 1 saturated heterocycles. The first-order valence-corrected chi connectivity index (χ1v) is 7.78. The van der Waals surface area contributed by atoms with Gasteiger partial charge >= 0.3 is 0 Å². The van der Waals surface area contributed by atoms with Gasteiger partial charge < -0.3 is 15.8 Å². The molecule has 1 heterocycles. The van der Waals surface area contributed by atoms with Crippen LogP contribution in [0.1, 0.15) is 38.3 Å². The molecule has 1 aromatic carbocycles. The van der Waals surface area contributed by atoms with Gasteiger partial charge in [0.05, 0.1) is 5.92 Å². The minimum atomic E-state index is -0.270. The van der Waals surface area contributed by atoms with E-state index in [1.807, 2.05) is 37.3 Å². The maximum atomic E-state index is 12.4. The number of ether oxygens (including phenoxy) is 1. The molecule has 1 aliphatic heterocycles. The maximum absolute atomic E-state index is 12.4. The molecule has 0 radical (unpaired) electrons. The Morgan fingerprint density at radius 1 is 1.24 bits per heavy atom. The third kappa shape index (κ3) is 4.29. The number of nitrogens with two attached hydrogens (primary N) is 1. The van der Waals surface area contributed by atoms with Gasteiger partial charge in [-0.3, -0.25) is 4.79 Å². The largest absolute Gasteiger partial charge is 0.381 e. The molecule has 4 nitrogen and oxygen atoms in total. The van der Waals surface area contributed by atoms with Crippen molar-refractivity contribution in [2.45, 2.75) is 38.8 Å². The summed E-state index contributed by atoms with van der Waals surface area (Å²) in [5, 5.41) is 3.13. The van der Waals surface area contributed by atoms with E-state index >= 15 is 0 Å². The van der Waals surface area contributed by atoms with Gasteiger partial charge in [0, 0.05) is 25.3 Å². The molecule has 3 unspecified atom stereocenters. The topological polar surface area (TPSA) is 64.4 Å². The summed E-state index contributed by atoms with van der Waals surface area (Å²) in [6.07, 6.45) is 2.03. The molecular weight excluding hydrogens is 264 g/mol. The minimum Gasteiger partial charge on any atom is -0.381 e. The predicted molar refractivity (Wildman–Crippen MR) is 83.7 cm³/mol. The molecule has 3 N–H and O–H groups in total. The highest BCUT2D eigenvalue weighted by Crippen LogP contribution is 2.22. The van der Waals surface area contributed by atoms with E-state index in [-0.39, 0.29) is 23.9 Å². The Bertz CT molecular complexity index is 443. The highest BCUT2D eigenvalue weighted by atomic mass is 16.5. The van der Waals surface area contributed by atoms with Crippen molar-refractivity contribution >= 4 is 5.91 Å². The van der Waals surface area contributed by atoms with Gasteiger partial charge in [0.2, 0.25) is 5.91 Å². The van der Waals surface area contributed by atoms with Gasteiger partial charge in [0.1, 0.15) is 0 Å². The SMILES string of the molecule is CC(NC(=O)C(C)C(N)c1ccccc1)C1CCOCC1. The standard InChI is InChI=1S/C17H26N2O2/c1-12(16(18)15-6-4-3-5-7-15)17(20)19-13(2)14-8-10-21-11-9-14/h3-7,12-14,16H,8-11,18H2,1-2H3,(H,19,20). The van der Waals surface area contributed by atoms with Gasteiger partial charge in [-0.1, -0.05) is 37.3 Å². The summed E-state index contributed by atoms with van der Waals surface area (Å²) in [5.41, 5.74) is 7.21. The van der Waals surface area contributed by atoms with Crippen LogP contribution in [0.3, 0.4) is 0 Å². The predicted octanol–water partition coefficient (Wildman–Crippen LogP) is 2.25. The summed E-state index contributed by atoms with van der Waals surface area (Å²) in [7, 11) is 0. The molecule has 2 rings (SSSR count). The number of amides is 1. The Balaban J connectivity index is 1.89. The van der Waals surface area contributed by atoms with Crippen LogP contribution < -0.4 is 11.1 Å². The lowest BCUT2D eigenvalue weighted by molar-refractivity contribution is -0.126. The van der Waals surface area contributed by atoms with Gasteiger partial charge in [-0.05, 0) is 31.2 Å². The van der Waals surface area contributed by atoms with Crippen LogP contribution in [0.15, 0.2) is 30.3 Å². The van der Waals surface area contributed by atoms with E-state index in [9.17, 15) is 4.79 Å². The molecule has 1 fully saturated rings. The van der Waals surface area contributed by atoms with Crippen LogP contribution in [0.25, 0.3) is 0 Å². The molecule has 3 atom stereocenters. The van der Waals surface area contributed by atoms with Gasteiger partial charge in [0.25, 0.3) is 0 Å². The maximum Gasteiger partial charge on any atom is 0.224 e. The number of nitrogens with one attached hydrogen (secondary N) is 1. The Morgan fingerprint density at radius 2 is 1.86 bits per heavy atom. The average Bonchev–Trinajstić information content (AvgIpc) is 2.55. The number of hydrogen-bond acceptors (Lipinski definition) is 3. The lowest BCUT2D eigenvalue weighted by Gasteiger charge is -2.30. The summed E-state index contributed by atoms with van der Waals surface area (Å²) in [6.45, 7) is 5.56. The van der Waals surface area contributed by atoms with E-state index in [1.54, 1.807) is 0 Å². The lowest BCUT2D eigenvalue weighted by Crippen LogP contribution is -2.44. The summed E-state index contributed by atoms with van der Waals surface area (Å²) < 4.78 is 5.37. The highest BCUT2D eigenvalue weighted by Gasteiger charge is 2.26. The van der Waals surface area contributed by atoms with Crippen molar-refractivity contribution in [1.29, 1.82) is 0 Å². The van der Waals surface area contributed by atoms with Crippen molar-refractivity contribution in [3.8, 4) is 0 Å². The monoisotopic (exact) mass is 290 g/mol. The molecule has 1 aromatic rings. The van der Waals surface area contributed by atoms with Gasteiger partial charge in [0.15, 0.2) is 0 Å². The molecule has 1 aliphatic rings. The molecule has 21 heavy (non-hydrogen) atoms. The molecule has 4 heteroatoms. The third-order valence-electron chi connectivity index (χ3n) is 4.48. The van der Waals surface area contributed by atoms with Crippen molar-refractivity contribution < 1.29 is 9.53 Å². The van der Waals surface area contributed by atoms with E-state index in [1.165, 1.54) is 0 Å². The second kappa shape index (κ2) is 7.57. The summed E-state index contributed by atoms with van der Waals surface area (Å²) in [6, 6.07) is 9.69. The van der Waals surface area contributed by atoms with Crippen molar-refractivity contribution in [3.63, 3.8) is 0 Å². The molecule has 0 aromatic heterocycles. The zero-order chi connectivity index (χ0) is 15.2. The van der Waals surface area contributed by atoms with Crippen LogP contribution >= 0.6 is 0 Å². The zero-order valence-corrected chi connectivity index (χ0v) is 12.9. The Labute approximate surface area is 127 Å². The fourth-order valence-corrected chi connectivity index (χ4v) is 2.82. The Morgan fingerprint density at radius 3 is 2.48 bits per heavy atom. The third-order valence-corrected chi connectivity index (χ3v) is 4.48. The molecule has 116 valence electrons. The first-order valence-electron chi connectivity index (χ1n) is 7.78. The molecule has 1 amide bonds. The highest BCUT2D eigenvalue weighted by molar-refractivity contribution is 5.79. The van der Waals surface area contributed by atoms with Crippen LogP contribution in [0.5, 0.6) is 0 Å². The van der Waals surface area contributed by atoms with E-state index in [0.717, 1.165) is 31.6 Å². The first kappa shape index (κ1) is 16.0. The molecule has 0 aliphatic carbocycles. The molecule has 0 saturated carbocycles. The van der Waals surface area contributed by atoms with E-state index in [4.69, 9.17) is 10.5 Å². The molecular formula is C17H26N2O2. The van der Waals surface area contributed by atoms with Crippen LogP contribution in [0.4, 0.5) is 0 Å². The van der Waals surface area contributed by atoms with Crippen LogP contribution in [0, 0.1) is 11.8 Å². The minimum absolute atomic E-state index is 0.0327. The van der Waals surface area contributed by atoms with Gasteiger partial charge in [-0.25, -0.2) is 0 Å². The van der Waals surface area contributed by atoms with Crippen molar-refractivity contribution in [1.82, 2.24) is 5.32 Å². The van der Waals surface area contributed by atoms with Gasteiger partial charge in [-0.2, -0.15) is 0 Å². The van der Waals surface area contributed by atoms with E-state index in [2.05, 4.69) is 12.2 Å². The summed E-state index contributed by atoms with van der Waals surface area (Å²) in [4.78, 5) is 12.4. The van der Waals surface area contributed by atoms with E-state index in [0.29, 0.717) is 5.92 Å². The van der Waals surface area contributed by atoms with E-state index < -0.39 is 0 Å². The second-order valence-electron chi connectivity index (χ2n) is 5.97. The average molecular weight is 290 g/mol. The van der Waals surface area contributed by atoms with Crippen LogP contribution in [-0.4, -0.2) is 25.2 Å². The first-order chi connectivity index (χ1) is 10.1. The van der Waals surface area contributed by atoms with Crippen LogP contribution in [-0.2, 0) is 9.53 Å². The fraction of sp³-hybridized carbons (Fsp3) is 0.588. The Hall–Kier alpha value is -1.39. The number of carbonyl (C=O) groups excluding carboxylic acids is 1. The van der Waals surface area contributed by atoms with Gasteiger partial charge in [-0.15, -0.1) is 0 Å². The number of hydrogen-bond donors (Lipinski definition) is 2. The number of benzene rings is 1. The van der Waals surface area contributed by atoms with Crippen molar-refractivity contribution in [3.05, 3.63) is 35.9 Å². The Kier molecular flexibility index (Phi) is 5.76. The van der Waals surface area contributed by atoms with Crippen LogP contribution in [0.2, 0.25) is 0 Å². The normalized spacial score (nSPS) is 20.5. The molecule has 0 spiro atoms. The summed E-state index contributed by atoms with van der Waals surface area (Å²) >= 11 is 0. The fourth-order valence-electron chi connectivity index (χ4n) is 2.82. The molecule has 0 bridgehead atoms. The smallest absolute Gasteiger partial charge is 0.224 e. The summed E-state index contributed by atoms with van der Waals surface area (Å²) in [5.74, 6) is 0.294. The zero-order valence-electron chi connectivity index (χ0n) is 12.9. The van der Waals surface area contributed by atoms with Crippen molar-refractivity contribution in [2.24, 2.45) is 17.6 Å². The quantitative estimate of drug-likeness (QED) is 0.874. The second-order valence-corrected chi connectivity index (χ2v) is 5.97. The number of rotatable bonds is 5. The number of carbonyl (C=O) groups is 1.